The molecule has 0 radical (unpaired) electrons. The molecule has 0 spiro atoms. The molecule has 0 bridgehead atoms. The Morgan fingerprint density at radius 3 is 1.84 bits per heavy atom. The minimum absolute atomic E-state index is 0.00105. The quantitative estimate of drug-likeness (QED) is 0.135. The lowest BCUT2D eigenvalue weighted by Gasteiger charge is -2.24. The fraction of sp³-hybridized carbons (Fsp3) is 0.320. The van der Waals surface area contributed by atoms with E-state index >= 15 is 0 Å². The molecule has 0 aromatic heterocycles. The summed E-state index contributed by atoms with van der Waals surface area (Å²) in [4.78, 5) is 61.5. The molecule has 12 nitrogen and oxygen atoms in total. The lowest BCUT2D eigenvalue weighted by molar-refractivity contribution is -0.142. The van der Waals surface area contributed by atoms with Gasteiger partial charge in [0.05, 0.1) is 12.5 Å². The second-order valence-electron chi connectivity index (χ2n) is 8.54. The Balaban J connectivity index is 2.05. The monoisotopic (exact) mass is 545 g/mol. The molecule has 2 aromatic rings. The van der Waals surface area contributed by atoms with E-state index in [-0.39, 0.29) is 24.3 Å². The van der Waals surface area contributed by atoms with E-state index < -0.39 is 60.2 Å². The number of hydrogen-bond donors (Lipinski definition) is 8. The molecule has 0 heterocycles. The minimum Gasteiger partial charge on any atom is -0.508 e. The molecule has 0 saturated carbocycles. The number of phenolic OH excluding ortho intramolecular Hbond substituents is 1. The molecule has 4 atom stereocenters. The summed E-state index contributed by atoms with van der Waals surface area (Å²) in [6, 6.07) is 9.62. The highest BCUT2D eigenvalue weighted by Crippen LogP contribution is 2.12. The summed E-state index contributed by atoms with van der Waals surface area (Å²) in [5.74, 6) is -4.86. The smallest absolute Gasteiger partial charge is 0.326 e. The number of hydrogen-bond acceptors (Lipinski definition) is 8. The van der Waals surface area contributed by atoms with Crippen LogP contribution in [-0.4, -0.2) is 69.7 Å². The number of aromatic hydroxyl groups is 1. The van der Waals surface area contributed by atoms with Crippen LogP contribution in [0.5, 0.6) is 5.75 Å². The largest absolute Gasteiger partial charge is 0.508 e. The first-order valence-corrected chi connectivity index (χ1v) is 12.2. The van der Waals surface area contributed by atoms with Crippen LogP contribution in [0.25, 0.3) is 0 Å². The maximum absolute atomic E-state index is 12.9. The molecule has 0 aliphatic carbocycles. The highest BCUT2D eigenvalue weighted by Gasteiger charge is 2.30. The van der Waals surface area contributed by atoms with Gasteiger partial charge in [0.25, 0.3) is 0 Å². The van der Waals surface area contributed by atoms with Crippen LogP contribution in [0.2, 0.25) is 0 Å². The zero-order valence-corrected chi connectivity index (χ0v) is 21.3. The van der Waals surface area contributed by atoms with Gasteiger partial charge >= 0.3 is 5.97 Å². The number of amides is 4. The Hall–Kier alpha value is -4.10. The minimum atomic E-state index is -1.43. The third-order valence-electron chi connectivity index (χ3n) is 5.48. The molecule has 0 fully saturated rings. The zero-order valence-electron chi connectivity index (χ0n) is 20.4. The number of nitrogens with one attached hydrogen (secondary N) is 3. The van der Waals surface area contributed by atoms with E-state index in [4.69, 9.17) is 11.5 Å². The van der Waals surface area contributed by atoms with Gasteiger partial charge in [-0.15, -0.1) is 0 Å². The molecule has 0 aliphatic heterocycles. The topological polar surface area (TPSA) is 214 Å². The van der Waals surface area contributed by atoms with Gasteiger partial charge in [-0.3, -0.25) is 19.2 Å². The van der Waals surface area contributed by atoms with Crippen molar-refractivity contribution in [2.75, 3.05) is 5.75 Å². The Morgan fingerprint density at radius 2 is 1.29 bits per heavy atom. The second-order valence-corrected chi connectivity index (χ2v) is 8.91. The van der Waals surface area contributed by atoms with Crippen molar-refractivity contribution in [2.24, 2.45) is 11.5 Å². The van der Waals surface area contributed by atoms with Gasteiger partial charge in [0.1, 0.15) is 23.9 Å². The number of carboxylic acids is 1. The highest BCUT2D eigenvalue weighted by atomic mass is 32.1. The molecule has 0 aliphatic rings. The first-order chi connectivity index (χ1) is 18.0. The van der Waals surface area contributed by atoms with Crippen molar-refractivity contribution < 1.29 is 34.2 Å². The molecule has 2 aromatic carbocycles. The van der Waals surface area contributed by atoms with E-state index in [9.17, 15) is 34.2 Å². The first-order valence-electron chi connectivity index (χ1n) is 11.6. The van der Waals surface area contributed by atoms with E-state index in [1.54, 1.807) is 24.3 Å². The van der Waals surface area contributed by atoms with E-state index in [0.717, 1.165) is 5.56 Å². The molecule has 38 heavy (non-hydrogen) atoms. The van der Waals surface area contributed by atoms with Crippen molar-refractivity contribution in [2.45, 2.75) is 43.4 Å². The molecule has 13 heteroatoms. The molecule has 204 valence electrons. The number of rotatable bonds is 14. The van der Waals surface area contributed by atoms with Crippen LogP contribution in [0.4, 0.5) is 0 Å². The van der Waals surface area contributed by atoms with Gasteiger partial charge in [-0.1, -0.05) is 42.5 Å². The number of thiol groups is 1. The number of benzene rings is 2. The molecule has 4 amide bonds. The van der Waals surface area contributed by atoms with Crippen LogP contribution < -0.4 is 27.4 Å². The fourth-order valence-electron chi connectivity index (χ4n) is 3.46. The molecular formula is C25H31N5O7S. The number of aliphatic carboxylic acids is 1. The Kier molecular flexibility index (Phi) is 11.6. The van der Waals surface area contributed by atoms with Crippen molar-refractivity contribution in [1.82, 2.24) is 16.0 Å². The summed E-state index contributed by atoms with van der Waals surface area (Å²) in [5.41, 5.74) is 12.5. The number of nitrogens with two attached hydrogens (primary N) is 2. The zero-order chi connectivity index (χ0) is 28.2. The van der Waals surface area contributed by atoms with Crippen molar-refractivity contribution in [3.05, 3.63) is 65.7 Å². The number of carboxylic acid groups (broad SMARTS) is 1. The van der Waals surface area contributed by atoms with Crippen LogP contribution in [-0.2, 0) is 36.8 Å². The number of carbonyl (C=O) groups excluding carboxylic acids is 4. The Bertz CT molecular complexity index is 1130. The van der Waals surface area contributed by atoms with E-state index in [2.05, 4.69) is 28.6 Å². The van der Waals surface area contributed by atoms with Gasteiger partial charge in [-0.25, -0.2) is 4.79 Å². The summed E-state index contributed by atoms with van der Waals surface area (Å²) in [5, 5.41) is 26.0. The number of primary amides is 1. The van der Waals surface area contributed by atoms with Crippen LogP contribution in [0.15, 0.2) is 54.6 Å². The van der Waals surface area contributed by atoms with E-state index in [1.165, 1.54) is 24.3 Å². The van der Waals surface area contributed by atoms with Crippen molar-refractivity contribution in [3.8, 4) is 5.75 Å². The summed E-state index contributed by atoms with van der Waals surface area (Å²) in [6.07, 6.45) is -0.472. The molecule has 4 unspecified atom stereocenters. The van der Waals surface area contributed by atoms with Gasteiger partial charge in [0.2, 0.25) is 23.6 Å². The Morgan fingerprint density at radius 1 is 0.763 bits per heavy atom. The van der Waals surface area contributed by atoms with E-state index in [1.807, 2.05) is 6.07 Å². The molecular weight excluding hydrogens is 514 g/mol. The van der Waals surface area contributed by atoms with Crippen LogP contribution in [0.3, 0.4) is 0 Å². The van der Waals surface area contributed by atoms with Crippen molar-refractivity contribution >= 4 is 42.2 Å². The average molecular weight is 546 g/mol. The van der Waals surface area contributed by atoms with Gasteiger partial charge in [0, 0.05) is 12.2 Å². The number of carbonyl (C=O) groups is 5. The molecule has 9 N–H and O–H groups in total. The standard InChI is InChI=1S/C25H31N5O7S/c26-17(10-14-4-2-1-3-5-14)22(33)28-18(12-21(27)32)23(34)30-20(13-38)24(35)29-19(25(36)37)11-15-6-8-16(31)9-7-15/h1-9,17-20,31,38H,10-13,26H2,(H2,27,32)(H,28,33)(H,29,35)(H,30,34)(H,36,37). The SMILES string of the molecule is NC(=O)CC(NC(=O)C(N)Cc1ccccc1)C(=O)NC(CS)C(=O)NC(Cc1ccc(O)cc1)C(=O)O. The highest BCUT2D eigenvalue weighted by molar-refractivity contribution is 7.80. The predicted molar refractivity (Wildman–Crippen MR) is 141 cm³/mol. The van der Waals surface area contributed by atoms with Crippen molar-refractivity contribution in [1.29, 1.82) is 0 Å². The summed E-state index contributed by atoms with van der Waals surface area (Å²) < 4.78 is 0. The van der Waals surface area contributed by atoms with Gasteiger partial charge in [-0.05, 0) is 29.7 Å². The van der Waals surface area contributed by atoms with Gasteiger partial charge in [0.15, 0.2) is 0 Å². The van der Waals surface area contributed by atoms with Crippen LogP contribution in [0, 0.1) is 0 Å². The van der Waals surface area contributed by atoms with Gasteiger partial charge < -0.3 is 37.6 Å². The lowest BCUT2D eigenvalue weighted by atomic mass is 10.0. The summed E-state index contributed by atoms with van der Waals surface area (Å²) in [7, 11) is 0. The van der Waals surface area contributed by atoms with Crippen LogP contribution in [0.1, 0.15) is 17.5 Å². The third kappa shape index (κ3) is 9.75. The van der Waals surface area contributed by atoms with Gasteiger partial charge in [-0.2, -0.15) is 12.6 Å². The first kappa shape index (κ1) is 30.1. The average Bonchev–Trinajstić information content (AvgIpc) is 2.87. The lowest BCUT2D eigenvalue weighted by Crippen LogP contribution is -2.58. The summed E-state index contributed by atoms with van der Waals surface area (Å²) in [6.45, 7) is 0. The predicted octanol–water partition coefficient (Wildman–Crippen LogP) is -1.15. The molecule has 2 rings (SSSR count). The normalized spacial score (nSPS) is 13.8. The van der Waals surface area contributed by atoms with Crippen LogP contribution >= 0.6 is 12.6 Å². The maximum atomic E-state index is 12.9. The number of phenols is 1. The van der Waals surface area contributed by atoms with E-state index in [0.29, 0.717) is 5.56 Å². The second kappa shape index (κ2) is 14.6. The maximum Gasteiger partial charge on any atom is 0.326 e. The molecule has 0 saturated heterocycles. The fourth-order valence-corrected chi connectivity index (χ4v) is 3.71. The van der Waals surface area contributed by atoms with Crippen molar-refractivity contribution in [3.63, 3.8) is 0 Å². The Labute approximate surface area is 224 Å². The summed E-state index contributed by atoms with van der Waals surface area (Å²) >= 11 is 4.06. The third-order valence-corrected chi connectivity index (χ3v) is 5.84.